The van der Waals surface area contributed by atoms with Crippen molar-refractivity contribution >= 4 is 6.08 Å². The van der Waals surface area contributed by atoms with Gasteiger partial charge in [0.15, 0.2) is 23.0 Å². The lowest BCUT2D eigenvalue weighted by molar-refractivity contribution is 0.207. The van der Waals surface area contributed by atoms with Crippen molar-refractivity contribution in [3.8, 4) is 23.0 Å². The minimum absolute atomic E-state index is 0.124. The van der Waals surface area contributed by atoms with Gasteiger partial charge in [-0.1, -0.05) is 32.1 Å². The number of phenols is 1. The Kier molecular flexibility index (Phi) is 4.88. The fourth-order valence-corrected chi connectivity index (χ4v) is 3.23. The molecule has 0 amide bonds. The van der Waals surface area contributed by atoms with Crippen molar-refractivity contribution in [1.82, 2.24) is 0 Å². The van der Waals surface area contributed by atoms with Crippen molar-refractivity contribution in [3.05, 3.63) is 53.1 Å². The van der Waals surface area contributed by atoms with Gasteiger partial charge in [-0.05, 0) is 41.8 Å². The van der Waals surface area contributed by atoms with E-state index in [1.165, 1.54) is 0 Å². The van der Waals surface area contributed by atoms with Gasteiger partial charge in [0.05, 0.1) is 14.2 Å². The number of benzene rings is 2. The Balaban J connectivity index is 2.00. The molecule has 0 aliphatic carbocycles. The molecule has 1 aliphatic heterocycles. The SMILES string of the molecule is CCC=Cc1cc(OC)c2c(c1)C(C)C(c1ccc(O)c(OC)c1)O2. The van der Waals surface area contributed by atoms with Gasteiger partial charge in [0.1, 0.15) is 6.10 Å². The van der Waals surface area contributed by atoms with E-state index in [1.54, 1.807) is 20.3 Å². The van der Waals surface area contributed by atoms with E-state index in [-0.39, 0.29) is 17.8 Å². The van der Waals surface area contributed by atoms with Crippen LogP contribution >= 0.6 is 0 Å². The van der Waals surface area contributed by atoms with Crippen molar-refractivity contribution in [2.45, 2.75) is 32.3 Å². The highest BCUT2D eigenvalue weighted by atomic mass is 16.5. The molecule has 0 bridgehead atoms. The Bertz CT molecular complexity index is 795. The molecular weight excluding hydrogens is 316 g/mol. The van der Waals surface area contributed by atoms with Crippen LogP contribution in [0.15, 0.2) is 36.4 Å². The quantitative estimate of drug-likeness (QED) is 0.825. The van der Waals surface area contributed by atoms with Crippen LogP contribution in [-0.2, 0) is 0 Å². The number of aromatic hydroxyl groups is 1. The molecule has 0 spiro atoms. The predicted molar refractivity (Wildman–Crippen MR) is 98.8 cm³/mol. The maximum atomic E-state index is 9.82. The van der Waals surface area contributed by atoms with Gasteiger partial charge in [-0.2, -0.15) is 0 Å². The number of hydrogen-bond donors (Lipinski definition) is 1. The molecule has 25 heavy (non-hydrogen) atoms. The van der Waals surface area contributed by atoms with E-state index in [2.05, 4.69) is 32.1 Å². The lowest BCUT2D eigenvalue weighted by Gasteiger charge is -2.17. The number of ether oxygens (including phenoxy) is 3. The second-order valence-corrected chi connectivity index (χ2v) is 6.21. The van der Waals surface area contributed by atoms with Crippen LogP contribution in [0.5, 0.6) is 23.0 Å². The maximum absolute atomic E-state index is 9.82. The number of fused-ring (bicyclic) bond motifs is 1. The number of allylic oxidation sites excluding steroid dienone is 1. The lowest BCUT2D eigenvalue weighted by Crippen LogP contribution is -2.07. The number of rotatable bonds is 5. The minimum atomic E-state index is -0.149. The molecule has 1 aliphatic rings. The smallest absolute Gasteiger partial charge is 0.165 e. The summed E-state index contributed by atoms with van der Waals surface area (Å²) < 4.78 is 17.0. The molecule has 2 aromatic rings. The van der Waals surface area contributed by atoms with Gasteiger partial charge >= 0.3 is 0 Å². The first kappa shape index (κ1) is 17.2. The van der Waals surface area contributed by atoms with Gasteiger partial charge in [-0.25, -0.2) is 0 Å². The summed E-state index contributed by atoms with van der Waals surface area (Å²) in [6, 6.07) is 9.49. The van der Waals surface area contributed by atoms with Crippen LogP contribution in [0.2, 0.25) is 0 Å². The van der Waals surface area contributed by atoms with E-state index in [9.17, 15) is 5.11 Å². The van der Waals surface area contributed by atoms with Crippen LogP contribution in [0.3, 0.4) is 0 Å². The van der Waals surface area contributed by atoms with E-state index in [0.29, 0.717) is 5.75 Å². The monoisotopic (exact) mass is 340 g/mol. The first-order valence-corrected chi connectivity index (χ1v) is 8.51. The highest BCUT2D eigenvalue weighted by molar-refractivity contribution is 5.62. The van der Waals surface area contributed by atoms with E-state index in [1.807, 2.05) is 18.2 Å². The van der Waals surface area contributed by atoms with Crippen LogP contribution in [0.1, 0.15) is 49.0 Å². The summed E-state index contributed by atoms with van der Waals surface area (Å²) in [6.45, 7) is 4.25. The first-order valence-electron chi connectivity index (χ1n) is 8.51. The Hall–Kier alpha value is -2.62. The zero-order chi connectivity index (χ0) is 18.0. The van der Waals surface area contributed by atoms with Gasteiger partial charge in [0.2, 0.25) is 0 Å². The summed E-state index contributed by atoms with van der Waals surface area (Å²) >= 11 is 0. The van der Waals surface area contributed by atoms with Crippen molar-refractivity contribution < 1.29 is 19.3 Å². The highest BCUT2D eigenvalue weighted by Gasteiger charge is 2.35. The van der Waals surface area contributed by atoms with Crippen LogP contribution in [0.4, 0.5) is 0 Å². The molecule has 1 heterocycles. The Morgan fingerprint density at radius 1 is 1.12 bits per heavy atom. The summed E-state index contributed by atoms with van der Waals surface area (Å²) in [5.41, 5.74) is 3.20. The molecule has 1 N–H and O–H groups in total. The molecule has 0 aromatic heterocycles. The standard InChI is InChI=1S/C21H24O4/c1-5-6-7-14-10-16-13(2)20(25-21(16)19(11-14)24-4)15-8-9-17(22)18(12-15)23-3/h6-13,20,22H,5H2,1-4H3. The van der Waals surface area contributed by atoms with E-state index in [0.717, 1.165) is 34.6 Å². The molecule has 2 atom stereocenters. The van der Waals surface area contributed by atoms with Gasteiger partial charge in [-0.15, -0.1) is 0 Å². The molecule has 0 saturated carbocycles. The third-order valence-corrected chi connectivity index (χ3v) is 4.59. The van der Waals surface area contributed by atoms with Crippen LogP contribution in [-0.4, -0.2) is 19.3 Å². The van der Waals surface area contributed by atoms with Gasteiger partial charge in [-0.3, -0.25) is 0 Å². The molecule has 4 heteroatoms. The third kappa shape index (κ3) is 3.16. The summed E-state index contributed by atoms with van der Waals surface area (Å²) in [6.07, 6.45) is 5.07. The Morgan fingerprint density at radius 2 is 1.88 bits per heavy atom. The molecule has 0 fully saturated rings. The Labute approximate surface area is 148 Å². The lowest BCUT2D eigenvalue weighted by atomic mass is 9.91. The Morgan fingerprint density at radius 3 is 2.56 bits per heavy atom. The molecule has 0 saturated heterocycles. The van der Waals surface area contributed by atoms with Crippen molar-refractivity contribution in [2.75, 3.05) is 14.2 Å². The summed E-state index contributed by atoms with van der Waals surface area (Å²) in [4.78, 5) is 0. The molecule has 4 nitrogen and oxygen atoms in total. The molecular formula is C21H24O4. The summed E-state index contributed by atoms with van der Waals surface area (Å²) in [7, 11) is 3.20. The fraction of sp³-hybridized carbons (Fsp3) is 0.333. The number of hydrogen-bond acceptors (Lipinski definition) is 4. The van der Waals surface area contributed by atoms with Crippen molar-refractivity contribution in [1.29, 1.82) is 0 Å². The maximum Gasteiger partial charge on any atom is 0.165 e. The third-order valence-electron chi connectivity index (χ3n) is 4.59. The fourth-order valence-electron chi connectivity index (χ4n) is 3.23. The second-order valence-electron chi connectivity index (χ2n) is 6.21. The van der Waals surface area contributed by atoms with Gasteiger partial charge in [0.25, 0.3) is 0 Å². The minimum Gasteiger partial charge on any atom is -0.504 e. The summed E-state index contributed by atoms with van der Waals surface area (Å²) in [5.74, 6) is 2.27. The molecule has 2 unspecified atom stereocenters. The highest BCUT2D eigenvalue weighted by Crippen LogP contribution is 2.51. The summed E-state index contributed by atoms with van der Waals surface area (Å²) in [5, 5.41) is 9.82. The van der Waals surface area contributed by atoms with E-state index in [4.69, 9.17) is 14.2 Å². The average molecular weight is 340 g/mol. The molecule has 2 aromatic carbocycles. The topological polar surface area (TPSA) is 47.9 Å². The number of phenolic OH excluding ortho intramolecular Hbond substituents is 1. The predicted octanol–water partition coefficient (Wildman–Crippen LogP) is 5.07. The second kappa shape index (κ2) is 7.09. The average Bonchev–Trinajstić information content (AvgIpc) is 2.96. The van der Waals surface area contributed by atoms with Crippen molar-refractivity contribution in [2.24, 2.45) is 0 Å². The molecule has 3 rings (SSSR count). The van der Waals surface area contributed by atoms with Crippen LogP contribution in [0, 0.1) is 0 Å². The first-order chi connectivity index (χ1) is 12.1. The zero-order valence-electron chi connectivity index (χ0n) is 15.1. The van der Waals surface area contributed by atoms with Crippen molar-refractivity contribution in [3.63, 3.8) is 0 Å². The molecule has 132 valence electrons. The van der Waals surface area contributed by atoms with E-state index < -0.39 is 0 Å². The zero-order valence-corrected chi connectivity index (χ0v) is 15.1. The number of methoxy groups -OCH3 is 2. The van der Waals surface area contributed by atoms with Crippen LogP contribution < -0.4 is 14.2 Å². The van der Waals surface area contributed by atoms with Gasteiger partial charge in [0, 0.05) is 11.5 Å². The van der Waals surface area contributed by atoms with E-state index >= 15 is 0 Å². The largest absolute Gasteiger partial charge is 0.504 e. The normalized spacial score (nSPS) is 18.9. The van der Waals surface area contributed by atoms with Gasteiger partial charge < -0.3 is 19.3 Å². The van der Waals surface area contributed by atoms with Crippen LogP contribution in [0.25, 0.3) is 6.08 Å². The molecule has 0 radical (unpaired) electrons.